The molecular weight excluding hydrogens is 413 g/mol. The summed E-state index contributed by atoms with van der Waals surface area (Å²) in [6, 6.07) is 5.11. The van der Waals surface area contributed by atoms with Crippen LogP contribution < -0.4 is 10.6 Å². The lowest BCUT2D eigenvalue weighted by molar-refractivity contribution is -0.184. The summed E-state index contributed by atoms with van der Waals surface area (Å²) in [5, 5.41) is 5.64. The van der Waals surface area contributed by atoms with Gasteiger partial charge in [-0.1, -0.05) is 30.2 Å². The van der Waals surface area contributed by atoms with Crippen molar-refractivity contribution in [1.82, 2.24) is 10.6 Å². The Bertz CT molecular complexity index is 687. The van der Waals surface area contributed by atoms with Crippen molar-refractivity contribution < 1.29 is 22.8 Å². The molecule has 0 radical (unpaired) electrons. The highest BCUT2D eigenvalue weighted by atomic mass is 35.5. The van der Waals surface area contributed by atoms with Gasteiger partial charge in [-0.05, 0) is 49.8 Å². The molecule has 1 aromatic rings. The van der Waals surface area contributed by atoms with Crippen LogP contribution in [0.3, 0.4) is 0 Å². The Balaban J connectivity index is 2.02. The van der Waals surface area contributed by atoms with Gasteiger partial charge in [-0.2, -0.15) is 24.9 Å². The molecule has 2 rings (SSSR count). The monoisotopic (exact) mass is 436 g/mol. The SMILES string of the molecule is CSCC[C@H](NC(=O)c1ccccc1Cl)C(=O)N[C@@H]1CCC[C@H](C(F)(F)F)C1. The molecule has 0 bridgehead atoms. The number of carbonyl (C=O) groups excluding carboxylic acids is 2. The van der Waals surface area contributed by atoms with Gasteiger partial charge in [0.2, 0.25) is 5.91 Å². The highest BCUT2D eigenvalue weighted by molar-refractivity contribution is 7.98. The molecule has 0 saturated heterocycles. The van der Waals surface area contributed by atoms with Crippen LogP contribution in [0.25, 0.3) is 0 Å². The Hall–Kier alpha value is -1.41. The zero-order valence-corrected chi connectivity index (χ0v) is 17.1. The van der Waals surface area contributed by atoms with Gasteiger partial charge in [-0.25, -0.2) is 0 Å². The van der Waals surface area contributed by atoms with E-state index in [0.29, 0.717) is 25.0 Å². The number of carbonyl (C=O) groups is 2. The van der Waals surface area contributed by atoms with Crippen molar-refractivity contribution in [3.63, 3.8) is 0 Å². The quantitative estimate of drug-likeness (QED) is 0.664. The van der Waals surface area contributed by atoms with Gasteiger partial charge in [0.25, 0.3) is 5.91 Å². The smallest absolute Gasteiger partial charge is 0.352 e. The molecule has 2 N–H and O–H groups in total. The highest BCUT2D eigenvalue weighted by Crippen LogP contribution is 2.37. The van der Waals surface area contributed by atoms with Crippen LogP contribution >= 0.6 is 23.4 Å². The number of alkyl halides is 3. The Morgan fingerprint density at radius 2 is 2.00 bits per heavy atom. The molecular formula is C19H24ClF3N2O2S. The zero-order chi connectivity index (χ0) is 20.7. The summed E-state index contributed by atoms with van der Waals surface area (Å²) in [5.41, 5.74) is 0.251. The van der Waals surface area contributed by atoms with Gasteiger partial charge in [0.05, 0.1) is 16.5 Å². The largest absolute Gasteiger partial charge is 0.391 e. The number of hydrogen-bond donors (Lipinski definition) is 2. The molecule has 28 heavy (non-hydrogen) atoms. The van der Waals surface area contributed by atoms with Crippen molar-refractivity contribution in [3.8, 4) is 0 Å². The second-order valence-electron chi connectivity index (χ2n) is 6.90. The third-order valence-electron chi connectivity index (χ3n) is 4.83. The van der Waals surface area contributed by atoms with Crippen LogP contribution in [-0.2, 0) is 4.79 Å². The van der Waals surface area contributed by atoms with E-state index in [-0.39, 0.29) is 23.4 Å². The first-order valence-electron chi connectivity index (χ1n) is 9.13. The van der Waals surface area contributed by atoms with E-state index in [1.165, 1.54) is 11.8 Å². The van der Waals surface area contributed by atoms with E-state index in [1.807, 2.05) is 6.26 Å². The van der Waals surface area contributed by atoms with Gasteiger partial charge in [0.15, 0.2) is 0 Å². The number of halogens is 4. The Morgan fingerprint density at radius 3 is 2.64 bits per heavy atom. The van der Waals surface area contributed by atoms with E-state index < -0.39 is 36.0 Å². The predicted molar refractivity (Wildman–Crippen MR) is 106 cm³/mol. The topological polar surface area (TPSA) is 58.2 Å². The van der Waals surface area contributed by atoms with Crippen molar-refractivity contribution in [1.29, 1.82) is 0 Å². The summed E-state index contributed by atoms with van der Waals surface area (Å²) in [6.45, 7) is 0. The fraction of sp³-hybridized carbons (Fsp3) is 0.579. The molecule has 1 aliphatic carbocycles. The van der Waals surface area contributed by atoms with Crippen molar-refractivity contribution in [2.45, 2.75) is 50.4 Å². The predicted octanol–water partition coefficient (Wildman–Crippen LogP) is 4.43. The molecule has 4 nitrogen and oxygen atoms in total. The van der Waals surface area contributed by atoms with Crippen LogP contribution in [0.1, 0.15) is 42.5 Å². The Labute approximate surface area is 172 Å². The van der Waals surface area contributed by atoms with Crippen molar-refractivity contribution in [2.75, 3.05) is 12.0 Å². The summed E-state index contributed by atoms with van der Waals surface area (Å²) in [6.07, 6.45) is -1.11. The molecule has 0 aromatic heterocycles. The highest BCUT2D eigenvalue weighted by Gasteiger charge is 2.42. The van der Waals surface area contributed by atoms with E-state index in [0.717, 1.165) is 0 Å². The second-order valence-corrected chi connectivity index (χ2v) is 8.29. The lowest BCUT2D eigenvalue weighted by Crippen LogP contribution is -2.51. The van der Waals surface area contributed by atoms with E-state index in [2.05, 4.69) is 10.6 Å². The zero-order valence-electron chi connectivity index (χ0n) is 15.5. The van der Waals surface area contributed by atoms with Gasteiger partial charge in [-0.15, -0.1) is 0 Å². The average Bonchev–Trinajstić information content (AvgIpc) is 2.64. The molecule has 0 heterocycles. The molecule has 0 spiro atoms. The number of nitrogens with one attached hydrogen (secondary N) is 2. The molecule has 1 saturated carbocycles. The fourth-order valence-electron chi connectivity index (χ4n) is 3.31. The second kappa shape index (κ2) is 10.4. The third-order valence-corrected chi connectivity index (χ3v) is 5.81. The standard InChI is InChI=1S/C19H24ClF3N2O2S/c1-28-10-9-16(25-17(26)14-7-2-3-8-15(14)20)18(27)24-13-6-4-5-12(11-13)19(21,22)23/h2-3,7-8,12-13,16H,4-6,9-11H2,1H3,(H,24,27)(H,25,26)/t12-,13+,16-/m0/s1. The molecule has 1 aromatic carbocycles. The lowest BCUT2D eigenvalue weighted by Gasteiger charge is -2.32. The first kappa shape index (κ1) is 22.9. The number of rotatable bonds is 7. The molecule has 2 amide bonds. The molecule has 156 valence electrons. The van der Waals surface area contributed by atoms with Gasteiger partial charge in [0.1, 0.15) is 6.04 Å². The minimum atomic E-state index is -4.25. The van der Waals surface area contributed by atoms with E-state index in [4.69, 9.17) is 11.6 Å². The van der Waals surface area contributed by atoms with Crippen LogP contribution in [0.5, 0.6) is 0 Å². The molecule has 3 atom stereocenters. The number of amides is 2. The first-order valence-corrected chi connectivity index (χ1v) is 10.9. The normalized spacial score (nSPS) is 21.0. The summed E-state index contributed by atoms with van der Waals surface area (Å²) >= 11 is 7.55. The third kappa shape index (κ3) is 6.58. The number of hydrogen-bond acceptors (Lipinski definition) is 3. The maximum atomic E-state index is 13.0. The van der Waals surface area contributed by atoms with Crippen molar-refractivity contribution >= 4 is 35.2 Å². The van der Waals surface area contributed by atoms with E-state index >= 15 is 0 Å². The molecule has 1 fully saturated rings. The molecule has 0 aliphatic heterocycles. The van der Waals surface area contributed by atoms with Crippen molar-refractivity contribution in [2.24, 2.45) is 5.92 Å². The summed E-state index contributed by atoms with van der Waals surface area (Å²) in [4.78, 5) is 25.2. The van der Waals surface area contributed by atoms with E-state index in [1.54, 1.807) is 24.3 Å². The number of benzene rings is 1. The summed E-state index contributed by atoms with van der Waals surface area (Å²) in [5.74, 6) is -1.71. The minimum Gasteiger partial charge on any atom is -0.352 e. The minimum absolute atomic E-state index is 0.0923. The van der Waals surface area contributed by atoms with Crippen LogP contribution in [0, 0.1) is 5.92 Å². The maximum absolute atomic E-state index is 13.0. The van der Waals surface area contributed by atoms with Gasteiger partial charge in [0, 0.05) is 6.04 Å². The summed E-state index contributed by atoms with van der Waals surface area (Å²) in [7, 11) is 0. The van der Waals surface area contributed by atoms with Crippen LogP contribution in [0.2, 0.25) is 5.02 Å². The summed E-state index contributed by atoms with van der Waals surface area (Å²) < 4.78 is 39.0. The number of thioether (sulfide) groups is 1. The van der Waals surface area contributed by atoms with Crippen LogP contribution in [0.15, 0.2) is 24.3 Å². The van der Waals surface area contributed by atoms with Gasteiger partial charge >= 0.3 is 6.18 Å². The average molecular weight is 437 g/mol. The Morgan fingerprint density at radius 1 is 1.29 bits per heavy atom. The van der Waals surface area contributed by atoms with Crippen molar-refractivity contribution in [3.05, 3.63) is 34.9 Å². The molecule has 1 aliphatic rings. The lowest BCUT2D eigenvalue weighted by atomic mass is 9.85. The van der Waals surface area contributed by atoms with Gasteiger partial charge in [-0.3, -0.25) is 9.59 Å². The fourth-order valence-corrected chi connectivity index (χ4v) is 4.00. The maximum Gasteiger partial charge on any atom is 0.391 e. The first-order chi connectivity index (χ1) is 13.2. The van der Waals surface area contributed by atoms with Crippen LogP contribution in [0.4, 0.5) is 13.2 Å². The molecule has 9 heteroatoms. The van der Waals surface area contributed by atoms with Crippen LogP contribution in [-0.4, -0.2) is 42.1 Å². The van der Waals surface area contributed by atoms with Gasteiger partial charge < -0.3 is 10.6 Å². The Kier molecular flexibility index (Phi) is 8.49. The molecule has 0 unspecified atom stereocenters. The van der Waals surface area contributed by atoms with E-state index in [9.17, 15) is 22.8 Å².